The van der Waals surface area contributed by atoms with E-state index in [2.05, 4.69) is 5.32 Å². The highest BCUT2D eigenvalue weighted by Gasteiger charge is 2.18. The molecule has 0 saturated carbocycles. The first-order chi connectivity index (χ1) is 13.6. The molecule has 0 radical (unpaired) electrons. The van der Waals surface area contributed by atoms with Crippen LogP contribution >= 0.6 is 0 Å². The summed E-state index contributed by atoms with van der Waals surface area (Å²) in [6, 6.07) is 12.6. The van der Waals surface area contributed by atoms with E-state index in [0.717, 1.165) is 5.56 Å². The van der Waals surface area contributed by atoms with Crippen molar-refractivity contribution in [3.63, 3.8) is 0 Å². The van der Waals surface area contributed by atoms with Crippen LogP contribution in [0.2, 0.25) is 0 Å². The molecule has 148 valence electrons. The molecule has 0 unspecified atom stereocenters. The van der Waals surface area contributed by atoms with Gasteiger partial charge in [0, 0.05) is 25.8 Å². The van der Waals surface area contributed by atoms with Crippen molar-refractivity contribution < 1.29 is 23.8 Å². The molecule has 1 aliphatic heterocycles. The van der Waals surface area contributed by atoms with Crippen LogP contribution in [0.25, 0.3) is 0 Å². The lowest BCUT2D eigenvalue weighted by Gasteiger charge is -2.23. The van der Waals surface area contributed by atoms with Gasteiger partial charge in [-0.25, -0.2) is 4.79 Å². The van der Waals surface area contributed by atoms with Crippen LogP contribution in [-0.4, -0.2) is 50.2 Å². The average molecular weight is 384 g/mol. The molecule has 7 heteroatoms. The van der Waals surface area contributed by atoms with Crippen LogP contribution in [-0.2, 0) is 16.1 Å². The molecule has 0 fully saturated rings. The quantitative estimate of drug-likeness (QED) is 0.740. The number of anilines is 1. The number of carbonyl (C=O) groups is 2. The first-order valence-corrected chi connectivity index (χ1v) is 9.22. The summed E-state index contributed by atoms with van der Waals surface area (Å²) in [5.41, 5.74) is 1.97. The highest BCUT2D eigenvalue weighted by Crippen LogP contribution is 2.31. The number of fused-ring (bicyclic) bond motifs is 1. The van der Waals surface area contributed by atoms with E-state index in [-0.39, 0.29) is 12.5 Å². The summed E-state index contributed by atoms with van der Waals surface area (Å²) in [4.78, 5) is 26.5. The molecule has 2 aromatic carbocycles. The van der Waals surface area contributed by atoms with Gasteiger partial charge in [0.15, 0.2) is 18.1 Å². The van der Waals surface area contributed by atoms with Gasteiger partial charge in [0.05, 0.1) is 5.56 Å². The zero-order valence-electron chi connectivity index (χ0n) is 16.1. The van der Waals surface area contributed by atoms with E-state index >= 15 is 0 Å². The van der Waals surface area contributed by atoms with Gasteiger partial charge in [-0.3, -0.25) is 4.79 Å². The lowest BCUT2D eigenvalue weighted by Crippen LogP contribution is -2.34. The minimum Gasteiger partial charge on any atom is -0.486 e. The maximum Gasteiger partial charge on any atom is 0.340 e. The molecule has 1 aliphatic rings. The van der Waals surface area contributed by atoms with E-state index in [0.29, 0.717) is 49.1 Å². The van der Waals surface area contributed by atoms with Gasteiger partial charge in [0.2, 0.25) is 0 Å². The number of hydrogen-bond acceptors (Lipinski definition) is 6. The van der Waals surface area contributed by atoms with Gasteiger partial charge in [-0.1, -0.05) is 18.2 Å². The fourth-order valence-electron chi connectivity index (χ4n) is 2.96. The van der Waals surface area contributed by atoms with Crippen molar-refractivity contribution in [2.75, 3.05) is 38.7 Å². The van der Waals surface area contributed by atoms with Gasteiger partial charge in [0.1, 0.15) is 13.2 Å². The van der Waals surface area contributed by atoms with Gasteiger partial charge in [-0.05, 0) is 36.8 Å². The molecule has 0 spiro atoms. The van der Waals surface area contributed by atoms with Gasteiger partial charge < -0.3 is 24.4 Å². The molecule has 0 bridgehead atoms. The third-order valence-corrected chi connectivity index (χ3v) is 4.46. The van der Waals surface area contributed by atoms with Crippen molar-refractivity contribution in [2.45, 2.75) is 13.5 Å². The minimum absolute atomic E-state index is 0.257. The highest BCUT2D eigenvalue weighted by molar-refractivity contribution is 5.96. The summed E-state index contributed by atoms with van der Waals surface area (Å²) in [6.45, 7) is 3.52. The fourth-order valence-corrected chi connectivity index (χ4v) is 2.96. The molecule has 7 nitrogen and oxygen atoms in total. The number of carbonyl (C=O) groups excluding carboxylic acids is 2. The topological polar surface area (TPSA) is 77.1 Å². The lowest BCUT2D eigenvalue weighted by atomic mass is 10.1. The number of likely N-dealkylation sites (N-methyl/N-ethyl adjacent to an activating group) is 1. The van der Waals surface area contributed by atoms with Crippen LogP contribution in [0.3, 0.4) is 0 Å². The Labute approximate surface area is 164 Å². The van der Waals surface area contributed by atoms with E-state index < -0.39 is 5.97 Å². The molecule has 0 aromatic heterocycles. The van der Waals surface area contributed by atoms with Crippen molar-refractivity contribution in [1.82, 2.24) is 4.90 Å². The fraction of sp³-hybridized carbons (Fsp3) is 0.333. The predicted octanol–water partition coefficient (Wildman–Crippen LogP) is 2.71. The van der Waals surface area contributed by atoms with Crippen LogP contribution in [0, 0.1) is 0 Å². The summed E-state index contributed by atoms with van der Waals surface area (Å²) in [7, 11) is 1.73. The maximum atomic E-state index is 12.5. The second-order valence-corrected chi connectivity index (χ2v) is 6.26. The van der Waals surface area contributed by atoms with Crippen molar-refractivity contribution in [3.05, 3.63) is 53.6 Å². The number of nitrogens with one attached hydrogen (secondary N) is 1. The molecular weight excluding hydrogens is 360 g/mol. The Bertz CT molecular complexity index is 852. The van der Waals surface area contributed by atoms with Crippen molar-refractivity contribution in [3.8, 4) is 11.5 Å². The molecule has 3 rings (SSSR count). The molecule has 1 amide bonds. The summed E-state index contributed by atoms with van der Waals surface area (Å²) in [5.74, 6) is 0.602. The van der Waals surface area contributed by atoms with Gasteiger partial charge in [-0.2, -0.15) is 0 Å². The van der Waals surface area contributed by atoms with Crippen LogP contribution in [0.5, 0.6) is 11.5 Å². The van der Waals surface area contributed by atoms with Crippen LogP contribution in [0.15, 0.2) is 42.5 Å². The Balaban J connectivity index is 1.60. The Kier molecular flexibility index (Phi) is 6.37. The second-order valence-electron chi connectivity index (χ2n) is 6.26. The highest BCUT2D eigenvalue weighted by atomic mass is 16.6. The normalized spacial score (nSPS) is 12.2. The SMILES string of the molecule is CCN(Cc1ccc2c(c1)OCCO2)C(=O)COC(=O)c1ccccc1NC. The largest absolute Gasteiger partial charge is 0.486 e. The maximum absolute atomic E-state index is 12.5. The Morgan fingerprint density at radius 2 is 1.86 bits per heavy atom. The number of amides is 1. The minimum atomic E-state index is -0.534. The van der Waals surface area contributed by atoms with Crippen molar-refractivity contribution >= 4 is 17.6 Å². The van der Waals surface area contributed by atoms with Crippen LogP contribution in [0.1, 0.15) is 22.8 Å². The number of para-hydroxylation sites is 1. The number of hydrogen-bond donors (Lipinski definition) is 1. The Morgan fingerprint density at radius 1 is 1.11 bits per heavy atom. The van der Waals surface area contributed by atoms with E-state index in [1.165, 1.54) is 0 Å². The van der Waals surface area contributed by atoms with Crippen LogP contribution in [0.4, 0.5) is 5.69 Å². The summed E-state index contributed by atoms with van der Waals surface area (Å²) in [6.07, 6.45) is 0. The predicted molar refractivity (Wildman–Crippen MR) is 105 cm³/mol. The van der Waals surface area contributed by atoms with Crippen LogP contribution < -0.4 is 14.8 Å². The standard InChI is InChI=1S/C21H24N2O5/c1-3-23(13-15-8-9-18-19(12-15)27-11-10-26-18)20(24)14-28-21(25)16-6-4-5-7-17(16)22-2/h4-9,12,22H,3,10-11,13-14H2,1-2H3. The van der Waals surface area contributed by atoms with Gasteiger partial charge in [-0.15, -0.1) is 0 Å². The molecule has 1 N–H and O–H groups in total. The number of nitrogens with zero attached hydrogens (tertiary/aromatic N) is 1. The first-order valence-electron chi connectivity index (χ1n) is 9.22. The smallest absolute Gasteiger partial charge is 0.340 e. The summed E-state index contributed by atoms with van der Waals surface area (Å²) < 4.78 is 16.3. The number of esters is 1. The number of ether oxygens (including phenoxy) is 3. The zero-order chi connectivity index (χ0) is 19.9. The number of benzene rings is 2. The second kappa shape index (κ2) is 9.12. The lowest BCUT2D eigenvalue weighted by molar-refractivity contribution is -0.134. The molecule has 1 heterocycles. The monoisotopic (exact) mass is 384 g/mol. The summed E-state index contributed by atoms with van der Waals surface area (Å²) in [5, 5.41) is 2.94. The van der Waals surface area contributed by atoms with E-state index in [4.69, 9.17) is 14.2 Å². The average Bonchev–Trinajstić information content (AvgIpc) is 2.75. The Morgan fingerprint density at radius 3 is 2.61 bits per heavy atom. The Hall–Kier alpha value is -3.22. The van der Waals surface area contributed by atoms with E-state index in [1.807, 2.05) is 31.2 Å². The molecule has 0 atom stereocenters. The van der Waals surface area contributed by atoms with Crippen molar-refractivity contribution in [1.29, 1.82) is 0 Å². The zero-order valence-corrected chi connectivity index (χ0v) is 16.1. The molecule has 0 aliphatic carbocycles. The van der Waals surface area contributed by atoms with E-state index in [1.54, 1.807) is 30.1 Å². The molecular formula is C21H24N2O5. The molecule has 2 aromatic rings. The van der Waals surface area contributed by atoms with Gasteiger partial charge >= 0.3 is 5.97 Å². The number of rotatable bonds is 7. The first kappa shape index (κ1) is 19.5. The molecule has 28 heavy (non-hydrogen) atoms. The third kappa shape index (κ3) is 4.54. The summed E-state index contributed by atoms with van der Waals surface area (Å²) >= 11 is 0. The van der Waals surface area contributed by atoms with E-state index in [9.17, 15) is 9.59 Å². The third-order valence-electron chi connectivity index (χ3n) is 4.46. The van der Waals surface area contributed by atoms with Gasteiger partial charge in [0.25, 0.3) is 5.91 Å². The van der Waals surface area contributed by atoms with Crippen molar-refractivity contribution in [2.24, 2.45) is 0 Å². The molecule has 0 saturated heterocycles.